The molecule has 2 amide bonds. The van der Waals surface area contributed by atoms with Gasteiger partial charge in [0, 0.05) is 0 Å². The van der Waals surface area contributed by atoms with Crippen LogP contribution in [0.2, 0.25) is 0 Å². The fraction of sp³-hybridized carbons (Fsp3) is 0.812. The molecule has 8 heteroatoms. The summed E-state index contributed by atoms with van der Waals surface area (Å²) in [5, 5.41) is 14.2. The number of carbonyl (C=O) groups excluding carboxylic acids is 2. The van der Waals surface area contributed by atoms with E-state index in [2.05, 4.69) is 10.6 Å². The van der Waals surface area contributed by atoms with E-state index in [-0.39, 0.29) is 5.92 Å². The summed E-state index contributed by atoms with van der Waals surface area (Å²) in [6.07, 6.45) is 0.967. The number of nitrogens with one attached hydrogen (secondary N) is 2. The van der Waals surface area contributed by atoms with Crippen molar-refractivity contribution in [3.8, 4) is 0 Å². The number of rotatable bonds is 9. The summed E-state index contributed by atoms with van der Waals surface area (Å²) in [5.74, 6) is -1.94. The predicted molar refractivity (Wildman–Crippen MR) is 90.5 cm³/mol. The summed E-state index contributed by atoms with van der Waals surface area (Å²) in [4.78, 5) is 35.5. The fourth-order valence-electron chi connectivity index (χ4n) is 1.98. The molecular weight excluding hydrogens is 314 g/mol. The van der Waals surface area contributed by atoms with Crippen LogP contribution in [0.3, 0.4) is 0 Å². The lowest BCUT2D eigenvalue weighted by Gasteiger charge is -2.25. The largest absolute Gasteiger partial charge is 0.480 e. The Balaban J connectivity index is 4.93. The van der Waals surface area contributed by atoms with Crippen LogP contribution in [0.4, 0.5) is 4.79 Å². The number of ether oxygens (including phenoxy) is 1. The SMILES string of the molecule is CC(C)[C@H](NC(=O)[C@H](CCCCN)NC(=O)OC(C)(C)C)C(=O)O. The highest BCUT2D eigenvalue weighted by Crippen LogP contribution is 2.09. The van der Waals surface area contributed by atoms with Crippen LogP contribution in [0, 0.1) is 5.92 Å². The standard InChI is InChI=1S/C16H31N3O5/c1-10(2)12(14(21)22)19-13(20)11(8-6-7-9-17)18-15(23)24-16(3,4)5/h10-12H,6-9,17H2,1-5H3,(H,18,23)(H,19,20)(H,21,22)/t11-,12-/m0/s1. The highest BCUT2D eigenvalue weighted by atomic mass is 16.6. The second kappa shape index (κ2) is 10.1. The molecule has 0 bridgehead atoms. The van der Waals surface area contributed by atoms with Gasteiger partial charge in [0.1, 0.15) is 17.7 Å². The quantitative estimate of drug-likeness (QED) is 0.465. The molecule has 0 unspecified atom stereocenters. The zero-order valence-electron chi connectivity index (χ0n) is 15.2. The number of unbranched alkanes of at least 4 members (excludes halogenated alkanes) is 1. The summed E-state index contributed by atoms with van der Waals surface area (Å²) in [5.41, 5.74) is 4.75. The Bertz CT molecular complexity index is 432. The maximum Gasteiger partial charge on any atom is 0.408 e. The van der Waals surface area contributed by atoms with Gasteiger partial charge in [-0.05, 0) is 52.5 Å². The van der Waals surface area contributed by atoms with Gasteiger partial charge in [0.25, 0.3) is 0 Å². The molecule has 0 fully saturated rings. The summed E-state index contributed by atoms with van der Waals surface area (Å²) in [7, 11) is 0. The molecule has 0 heterocycles. The minimum absolute atomic E-state index is 0.280. The molecule has 0 radical (unpaired) electrons. The molecule has 0 aromatic heterocycles. The van der Waals surface area contributed by atoms with Crippen LogP contribution in [0.15, 0.2) is 0 Å². The maximum absolute atomic E-state index is 12.4. The first-order chi connectivity index (χ1) is 11.0. The van der Waals surface area contributed by atoms with E-state index < -0.39 is 35.7 Å². The molecule has 0 rings (SSSR count). The first kappa shape index (κ1) is 22.2. The molecule has 8 nitrogen and oxygen atoms in total. The van der Waals surface area contributed by atoms with Gasteiger partial charge in [-0.25, -0.2) is 9.59 Å². The zero-order valence-corrected chi connectivity index (χ0v) is 15.2. The normalized spacial score (nSPS) is 14.0. The molecule has 0 aliphatic carbocycles. The molecule has 0 saturated heterocycles. The number of carboxylic acids is 1. The molecule has 5 N–H and O–H groups in total. The summed E-state index contributed by atoms with van der Waals surface area (Å²) in [6, 6.07) is -1.89. The van der Waals surface area contributed by atoms with Crippen molar-refractivity contribution in [2.24, 2.45) is 11.7 Å². The summed E-state index contributed by atoms with van der Waals surface area (Å²) in [6.45, 7) is 9.03. The lowest BCUT2D eigenvalue weighted by molar-refractivity contribution is -0.143. The van der Waals surface area contributed by atoms with Gasteiger partial charge in [-0.1, -0.05) is 13.8 Å². The number of carboxylic acid groups (broad SMARTS) is 1. The van der Waals surface area contributed by atoms with Gasteiger partial charge in [-0.15, -0.1) is 0 Å². The summed E-state index contributed by atoms with van der Waals surface area (Å²) < 4.78 is 5.15. The highest BCUT2D eigenvalue weighted by Gasteiger charge is 2.29. The van der Waals surface area contributed by atoms with Crippen molar-refractivity contribution in [1.29, 1.82) is 0 Å². The van der Waals surface area contributed by atoms with Crippen LogP contribution in [0.1, 0.15) is 53.9 Å². The van der Waals surface area contributed by atoms with E-state index in [1.807, 2.05) is 0 Å². The minimum Gasteiger partial charge on any atom is -0.480 e. The van der Waals surface area contributed by atoms with E-state index >= 15 is 0 Å². The highest BCUT2D eigenvalue weighted by molar-refractivity contribution is 5.89. The second-order valence-corrected chi connectivity index (χ2v) is 7.05. The third-order valence-electron chi connectivity index (χ3n) is 3.18. The van der Waals surface area contributed by atoms with Gasteiger partial charge in [0.2, 0.25) is 5.91 Å². The number of amides is 2. The molecule has 24 heavy (non-hydrogen) atoms. The van der Waals surface area contributed by atoms with E-state index in [0.717, 1.165) is 0 Å². The van der Waals surface area contributed by atoms with E-state index in [1.54, 1.807) is 34.6 Å². The second-order valence-electron chi connectivity index (χ2n) is 7.05. The third-order valence-corrected chi connectivity index (χ3v) is 3.18. The van der Waals surface area contributed by atoms with Gasteiger partial charge in [-0.2, -0.15) is 0 Å². The van der Waals surface area contributed by atoms with Crippen LogP contribution < -0.4 is 16.4 Å². The van der Waals surface area contributed by atoms with E-state index in [9.17, 15) is 19.5 Å². The minimum atomic E-state index is -1.11. The van der Waals surface area contributed by atoms with Crippen molar-refractivity contribution < 1.29 is 24.2 Å². The van der Waals surface area contributed by atoms with Gasteiger partial charge in [-0.3, -0.25) is 4.79 Å². The fourth-order valence-corrected chi connectivity index (χ4v) is 1.98. The van der Waals surface area contributed by atoms with Crippen molar-refractivity contribution in [2.75, 3.05) is 6.54 Å². The third kappa shape index (κ3) is 9.34. The number of alkyl carbamates (subject to hydrolysis) is 1. The number of hydrogen-bond donors (Lipinski definition) is 4. The van der Waals surface area contributed by atoms with Crippen molar-refractivity contribution in [1.82, 2.24) is 10.6 Å². The van der Waals surface area contributed by atoms with Crippen LogP contribution in [-0.2, 0) is 14.3 Å². The van der Waals surface area contributed by atoms with Crippen molar-refractivity contribution in [3.05, 3.63) is 0 Å². The Labute approximate surface area is 143 Å². The van der Waals surface area contributed by atoms with E-state index in [0.29, 0.717) is 25.8 Å². The van der Waals surface area contributed by atoms with Gasteiger partial charge < -0.3 is 26.2 Å². The number of hydrogen-bond acceptors (Lipinski definition) is 5. The molecule has 0 aliphatic rings. The first-order valence-corrected chi connectivity index (χ1v) is 8.20. The average molecular weight is 345 g/mol. The number of aliphatic carboxylic acids is 1. The lowest BCUT2D eigenvalue weighted by Crippen LogP contribution is -2.53. The molecule has 140 valence electrons. The molecule has 2 atom stereocenters. The molecule has 0 aliphatic heterocycles. The average Bonchev–Trinajstić information content (AvgIpc) is 2.40. The lowest BCUT2D eigenvalue weighted by atomic mass is 10.0. The first-order valence-electron chi connectivity index (χ1n) is 8.20. The van der Waals surface area contributed by atoms with Crippen LogP contribution >= 0.6 is 0 Å². The Morgan fingerprint density at radius 1 is 1.12 bits per heavy atom. The molecule has 0 aromatic carbocycles. The Hall–Kier alpha value is -1.83. The Morgan fingerprint density at radius 2 is 1.71 bits per heavy atom. The van der Waals surface area contributed by atoms with Crippen LogP contribution in [-0.4, -0.2) is 47.3 Å². The maximum atomic E-state index is 12.4. The Morgan fingerprint density at radius 3 is 2.12 bits per heavy atom. The monoisotopic (exact) mass is 345 g/mol. The summed E-state index contributed by atoms with van der Waals surface area (Å²) >= 11 is 0. The molecular formula is C16H31N3O5. The molecule has 0 spiro atoms. The van der Waals surface area contributed by atoms with Gasteiger partial charge in [0.15, 0.2) is 0 Å². The van der Waals surface area contributed by atoms with Crippen molar-refractivity contribution >= 4 is 18.0 Å². The van der Waals surface area contributed by atoms with Crippen LogP contribution in [0.5, 0.6) is 0 Å². The zero-order chi connectivity index (χ0) is 18.9. The topological polar surface area (TPSA) is 131 Å². The number of carbonyl (C=O) groups is 3. The predicted octanol–water partition coefficient (Wildman–Crippen LogP) is 1.23. The smallest absolute Gasteiger partial charge is 0.408 e. The number of nitrogens with two attached hydrogens (primary N) is 1. The van der Waals surface area contributed by atoms with Crippen LogP contribution in [0.25, 0.3) is 0 Å². The van der Waals surface area contributed by atoms with Gasteiger partial charge in [0.05, 0.1) is 0 Å². The van der Waals surface area contributed by atoms with E-state index in [4.69, 9.17) is 10.5 Å². The van der Waals surface area contributed by atoms with Crippen molar-refractivity contribution in [3.63, 3.8) is 0 Å². The van der Waals surface area contributed by atoms with Gasteiger partial charge >= 0.3 is 12.1 Å². The molecule has 0 aromatic rings. The Kier molecular flexibility index (Phi) is 9.35. The van der Waals surface area contributed by atoms with E-state index in [1.165, 1.54) is 0 Å². The van der Waals surface area contributed by atoms with Crippen molar-refractivity contribution in [2.45, 2.75) is 71.6 Å². The molecule has 0 saturated carbocycles.